The number of amides is 1. The molecule has 0 radical (unpaired) electrons. The van der Waals surface area contributed by atoms with Crippen LogP contribution in [0, 0.1) is 0 Å². The molecule has 0 saturated heterocycles. The molecule has 3 N–H and O–H groups in total. The zero-order chi connectivity index (χ0) is 20.3. The van der Waals surface area contributed by atoms with E-state index < -0.39 is 36.6 Å². The first-order chi connectivity index (χ1) is 13.3. The number of carbonyl (C=O) groups excluding carboxylic acids is 2. The van der Waals surface area contributed by atoms with E-state index in [1.54, 1.807) is 42.5 Å². The second kappa shape index (κ2) is 7.79. The van der Waals surface area contributed by atoms with Crippen molar-refractivity contribution < 1.29 is 29.3 Å². The van der Waals surface area contributed by atoms with E-state index in [-0.39, 0.29) is 5.71 Å². The molecule has 0 unspecified atom stereocenters. The molecule has 1 amide bonds. The van der Waals surface area contributed by atoms with Crippen LogP contribution in [0.5, 0.6) is 0 Å². The van der Waals surface area contributed by atoms with Crippen molar-refractivity contribution >= 4 is 40.8 Å². The molecule has 0 fully saturated rings. The number of nitrogens with zero attached hydrogens (tertiary/aromatic N) is 1. The summed E-state index contributed by atoms with van der Waals surface area (Å²) in [4.78, 5) is 39.1. The third kappa shape index (κ3) is 4.19. The average molecular weight is 403 g/mol. The number of benzene rings is 2. The largest absolute Gasteiger partial charge is 0.481 e. The molecule has 9 heteroatoms. The Bertz CT molecular complexity index is 976. The van der Waals surface area contributed by atoms with E-state index in [0.717, 1.165) is 0 Å². The summed E-state index contributed by atoms with van der Waals surface area (Å²) in [6, 6.07) is 13.3. The van der Waals surface area contributed by atoms with Crippen molar-refractivity contribution in [3.8, 4) is 0 Å². The number of nitrogens with one attached hydrogen (secondary N) is 1. The number of anilines is 1. The van der Waals surface area contributed by atoms with Gasteiger partial charge in [-0.1, -0.05) is 41.9 Å². The van der Waals surface area contributed by atoms with Gasteiger partial charge in [0.2, 0.25) is 0 Å². The number of carboxylic acid groups (broad SMARTS) is 1. The van der Waals surface area contributed by atoms with E-state index in [1.165, 1.54) is 6.07 Å². The normalized spacial score (nSPS) is 18.4. The van der Waals surface area contributed by atoms with E-state index in [4.69, 9.17) is 21.4 Å². The van der Waals surface area contributed by atoms with Crippen LogP contribution in [0.1, 0.15) is 24.0 Å². The van der Waals surface area contributed by atoms with Crippen LogP contribution in [0.25, 0.3) is 0 Å². The fraction of sp³-hybridized carbons (Fsp3) is 0.158. The molecule has 3 rings (SSSR count). The van der Waals surface area contributed by atoms with Gasteiger partial charge in [-0.15, -0.1) is 0 Å². The standard InChI is InChI=1S/C19H15ClN2O6/c20-12-6-7-14-13(10-12)17(11-4-2-1-3-5-11)22-19(27,18(26)21-14)28-16(25)9-8-15(23)24/h1-7,10,27H,8-9H2,(H,21,26)(H,23,24)/t19-/m1/s1. The van der Waals surface area contributed by atoms with Crippen LogP contribution < -0.4 is 5.32 Å². The minimum Gasteiger partial charge on any atom is -0.481 e. The Morgan fingerprint density at radius 1 is 1.14 bits per heavy atom. The molecule has 1 aliphatic rings. The minimum absolute atomic E-state index is 0.171. The number of ether oxygens (including phenoxy) is 1. The molecule has 144 valence electrons. The molecule has 2 aromatic carbocycles. The van der Waals surface area contributed by atoms with E-state index in [0.29, 0.717) is 21.8 Å². The molecule has 8 nitrogen and oxygen atoms in total. The predicted molar refractivity (Wildman–Crippen MR) is 100 cm³/mol. The lowest BCUT2D eigenvalue weighted by atomic mass is 10.0. The predicted octanol–water partition coefficient (Wildman–Crippen LogP) is 2.18. The van der Waals surface area contributed by atoms with Gasteiger partial charge in [-0.25, -0.2) is 4.99 Å². The topological polar surface area (TPSA) is 125 Å². The summed E-state index contributed by atoms with van der Waals surface area (Å²) in [7, 11) is 0. The summed E-state index contributed by atoms with van der Waals surface area (Å²) in [5, 5.41) is 22.2. The third-order valence-electron chi connectivity index (χ3n) is 3.89. The van der Waals surface area contributed by atoms with Crippen molar-refractivity contribution in [1.82, 2.24) is 0 Å². The molecule has 1 heterocycles. The maximum absolute atomic E-state index is 12.5. The number of benzodiazepines with no additional fused rings is 1. The fourth-order valence-electron chi connectivity index (χ4n) is 2.59. The van der Waals surface area contributed by atoms with Crippen molar-refractivity contribution in [2.45, 2.75) is 18.8 Å². The Labute approximate surface area is 164 Å². The fourth-order valence-corrected chi connectivity index (χ4v) is 2.76. The van der Waals surface area contributed by atoms with Gasteiger partial charge in [-0.3, -0.25) is 14.4 Å². The maximum atomic E-state index is 12.5. The first-order valence-electron chi connectivity index (χ1n) is 8.21. The van der Waals surface area contributed by atoms with Gasteiger partial charge >= 0.3 is 23.8 Å². The molecule has 0 bridgehead atoms. The Balaban J connectivity index is 2.07. The Hall–Kier alpha value is -3.23. The monoisotopic (exact) mass is 402 g/mol. The lowest BCUT2D eigenvalue weighted by molar-refractivity contribution is -0.205. The number of carbonyl (C=O) groups is 3. The minimum atomic E-state index is -2.87. The van der Waals surface area contributed by atoms with Crippen LogP contribution in [0.4, 0.5) is 5.69 Å². The smallest absolute Gasteiger partial charge is 0.397 e. The second-order valence-electron chi connectivity index (χ2n) is 5.95. The lowest BCUT2D eigenvalue weighted by Gasteiger charge is -2.21. The highest BCUT2D eigenvalue weighted by atomic mass is 35.5. The highest BCUT2D eigenvalue weighted by molar-refractivity contribution is 6.32. The van der Waals surface area contributed by atoms with Crippen molar-refractivity contribution in [3.63, 3.8) is 0 Å². The lowest BCUT2D eigenvalue weighted by Crippen LogP contribution is -2.45. The summed E-state index contributed by atoms with van der Waals surface area (Å²) >= 11 is 6.07. The zero-order valence-electron chi connectivity index (χ0n) is 14.4. The molecule has 0 spiro atoms. The van der Waals surface area contributed by atoms with Crippen LogP contribution in [0.15, 0.2) is 53.5 Å². The van der Waals surface area contributed by atoms with E-state index >= 15 is 0 Å². The molecule has 1 atom stereocenters. The van der Waals surface area contributed by atoms with Crippen molar-refractivity contribution in [2.75, 3.05) is 5.32 Å². The van der Waals surface area contributed by atoms with Crippen molar-refractivity contribution in [3.05, 3.63) is 64.7 Å². The maximum Gasteiger partial charge on any atom is 0.397 e. The number of rotatable bonds is 5. The van der Waals surface area contributed by atoms with Gasteiger partial charge in [-0.05, 0) is 18.2 Å². The van der Waals surface area contributed by atoms with Gasteiger partial charge in [0.1, 0.15) is 0 Å². The highest BCUT2D eigenvalue weighted by Crippen LogP contribution is 2.30. The number of carboxylic acids is 1. The van der Waals surface area contributed by atoms with Crippen LogP contribution >= 0.6 is 11.6 Å². The van der Waals surface area contributed by atoms with Gasteiger partial charge < -0.3 is 20.3 Å². The number of aliphatic imine (C=N–C) groups is 1. The number of aliphatic carboxylic acids is 1. The van der Waals surface area contributed by atoms with Gasteiger partial charge in [0.15, 0.2) is 0 Å². The quantitative estimate of drug-likeness (QED) is 0.520. The zero-order valence-corrected chi connectivity index (χ0v) is 15.1. The number of fused-ring (bicyclic) bond motifs is 1. The average Bonchev–Trinajstić information content (AvgIpc) is 2.76. The Kier molecular flexibility index (Phi) is 5.43. The summed E-state index contributed by atoms with van der Waals surface area (Å²) in [6.07, 6.45) is -1.04. The molecule has 1 aliphatic heterocycles. The molecule has 0 saturated carbocycles. The number of hydrogen-bond donors (Lipinski definition) is 3. The molecular weight excluding hydrogens is 388 g/mol. The number of hydrogen-bond acceptors (Lipinski definition) is 6. The first-order valence-corrected chi connectivity index (χ1v) is 8.59. The van der Waals surface area contributed by atoms with Gasteiger partial charge in [0.25, 0.3) is 0 Å². The van der Waals surface area contributed by atoms with E-state index in [9.17, 15) is 19.5 Å². The second-order valence-corrected chi connectivity index (χ2v) is 6.38. The van der Waals surface area contributed by atoms with E-state index in [1.807, 2.05) is 0 Å². The molecule has 0 aliphatic carbocycles. The first kappa shape index (κ1) is 19.5. The van der Waals surface area contributed by atoms with E-state index in [2.05, 4.69) is 10.3 Å². The Morgan fingerprint density at radius 3 is 2.54 bits per heavy atom. The van der Waals surface area contributed by atoms with Crippen LogP contribution in [-0.4, -0.2) is 39.7 Å². The molecule has 2 aromatic rings. The highest BCUT2D eigenvalue weighted by Gasteiger charge is 2.43. The SMILES string of the molecule is O=C(O)CCC(=O)O[C@@]1(O)N=C(c2ccccc2)c2cc(Cl)ccc2NC1=O. The van der Waals surface area contributed by atoms with Crippen molar-refractivity contribution in [2.24, 2.45) is 4.99 Å². The van der Waals surface area contributed by atoms with Crippen LogP contribution in [0.3, 0.4) is 0 Å². The summed E-state index contributed by atoms with van der Waals surface area (Å²) in [5.74, 6) is -6.26. The van der Waals surface area contributed by atoms with Crippen LogP contribution in [0.2, 0.25) is 5.02 Å². The molecule has 0 aromatic heterocycles. The van der Waals surface area contributed by atoms with Crippen LogP contribution in [-0.2, 0) is 19.1 Å². The number of aliphatic hydroxyl groups is 1. The van der Waals surface area contributed by atoms with Crippen molar-refractivity contribution in [1.29, 1.82) is 0 Å². The summed E-state index contributed by atoms with van der Waals surface area (Å²) in [5.41, 5.74) is 1.45. The van der Waals surface area contributed by atoms with Gasteiger partial charge in [0, 0.05) is 16.1 Å². The van der Waals surface area contributed by atoms with Gasteiger partial charge in [-0.2, -0.15) is 0 Å². The number of esters is 1. The Morgan fingerprint density at radius 2 is 1.86 bits per heavy atom. The molecule has 28 heavy (non-hydrogen) atoms. The summed E-state index contributed by atoms with van der Waals surface area (Å²) in [6.45, 7) is 0. The van der Waals surface area contributed by atoms with Gasteiger partial charge in [0.05, 0.1) is 24.2 Å². The molecular formula is C19H15ClN2O6. The third-order valence-corrected chi connectivity index (χ3v) is 4.13. The number of halogens is 1. The summed E-state index contributed by atoms with van der Waals surface area (Å²) < 4.78 is 4.86.